The van der Waals surface area contributed by atoms with E-state index in [1.54, 1.807) is 72.7 Å². The van der Waals surface area contributed by atoms with E-state index in [-0.39, 0.29) is 38.0 Å². The van der Waals surface area contributed by atoms with Gasteiger partial charge in [0.2, 0.25) is 0 Å². The molecule has 3 N–H and O–H groups in total. The lowest BCUT2D eigenvalue weighted by atomic mass is 9.82. The maximum absolute atomic E-state index is 12.8. The van der Waals surface area contributed by atoms with Crippen LogP contribution in [0.1, 0.15) is 93.4 Å². The lowest BCUT2D eigenvalue weighted by Crippen LogP contribution is -2.66. The van der Waals surface area contributed by atoms with Crippen LogP contribution in [-0.4, -0.2) is 151 Å². The number of hydrogen-bond acceptors (Lipinski definition) is 16. The second kappa shape index (κ2) is 21.3. The van der Waals surface area contributed by atoms with E-state index in [2.05, 4.69) is 0 Å². The van der Waals surface area contributed by atoms with Crippen LogP contribution in [-0.2, 0) is 57.1 Å². The number of likely N-dealkylation sites (N-methyl/N-ethyl adjacent to an activating group) is 1. The molecule has 2 fully saturated rings. The van der Waals surface area contributed by atoms with Crippen molar-refractivity contribution >= 4 is 24.2 Å². The summed E-state index contributed by atoms with van der Waals surface area (Å²) in [4.78, 5) is 51.6. The highest BCUT2D eigenvalue weighted by Gasteiger charge is 2.54. The van der Waals surface area contributed by atoms with Crippen molar-refractivity contribution in [3.63, 3.8) is 0 Å². The molecule has 0 amide bonds. The Morgan fingerprint density at radius 3 is 2.25 bits per heavy atom. The van der Waals surface area contributed by atoms with Crippen LogP contribution >= 0.6 is 0 Å². The van der Waals surface area contributed by atoms with Crippen molar-refractivity contribution in [2.45, 2.75) is 179 Å². The van der Waals surface area contributed by atoms with Gasteiger partial charge < -0.3 is 62.9 Å². The topological polar surface area (TPSA) is 206 Å². The quantitative estimate of drug-likeness (QED) is 0.112. The zero-order valence-corrected chi connectivity index (χ0v) is 34.0. The molecule has 0 aromatic rings. The second-order valence-corrected chi connectivity index (χ2v) is 15.5. The predicted molar refractivity (Wildman–Crippen MR) is 196 cm³/mol. The van der Waals surface area contributed by atoms with E-state index >= 15 is 0 Å². The maximum atomic E-state index is 12.8. The van der Waals surface area contributed by atoms with Crippen LogP contribution in [0.3, 0.4) is 0 Å². The summed E-state index contributed by atoms with van der Waals surface area (Å²) < 4.78 is 48.4. The Morgan fingerprint density at radius 2 is 1.65 bits per heavy atom. The smallest absolute Gasteiger partial charge is 0.308 e. The van der Waals surface area contributed by atoms with E-state index in [1.807, 2.05) is 6.92 Å². The first kappa shape index (κ1) is 46.8. The molecule has 16 heteroatoms. The van der Waals surface area contributed by atoms with E-state index in [1.165, 1.54) is 7.11 Å². The van der Waals surface area contributed by atoms with E-state index in [4.69, 9.17) is 37.9 Å². The average Bonchev–Trinajstić information content (AvgIpc) is 3.10. The molecule has 1 unspecified atom stereocenters. The van der Waals surface area contributed by atoms with Crippen LogP contribution < -0.4 is 0 Å². The fraction of sp³-hybridized carbons (Fsp3) is 0.846. The molecule has 0 aromatic carbocycles. The Bertz CT molecular complexity index is 1280. The molecule has 3 aliphatic heterocycles. The summed E-state index contributed by atoms with van der Waals surface area (Å²) in [5.74, 6) is -2.65. The van der Waals surface area contributed by atoms with Crippen molar-refractivity contribution in [1.29, 1.82) is 0 Å². The van der Waals surface area contributed by atoms with Crippen molar-refractivity contribution in [1.82, 2.24) is 4.90 Å². The van der Waals surface area contributed by atoms with Gasteiger partial charge in [-0.25, -0.2) is 0 Å². The number of carbonyl (C=O) groups is 4. The number of aliphatic hydroxyl groups excluding tert-OH is 3. The van der Waals surface area contributed by atoms with E-state index < -0.39 is 116 Å². The summed E-state index contributed by atoms with van der Waals surface area (Å²) in [6.45, 7) is 12.0. The SMILES string of the molecule is CCC(=O)O[C@H]1[C@H](C)O[C@@H](O[C@H]2[C@H](N(C)C)[C@@H](O)[C@H](OC3[C@@H](CC=O)C[C@@H](C)[C@@H](O)/C=C/C[C@@H](C)OC(=O)C[C@@H](O)[C@@H]3OC)O[C@@H]2C)C[C@@]1(C)OC(=O)CC. The number of aldehydes is 1. The lowest BCUT2D eigenvalue weighted by Gasteiger charge is -2.50. The van der Waals surface area contributed by atoms with Gasteiger partial charge in [0, 0.05) is 39.2 Å². The van der Waals surface area contributed by atoms with Gasteiger partial charge >= 0.3 is 17.9 Å². The summed E-state index contributed by atoms with van der Waals surface area (Å²) in [7, 11) is 4.84. The highest BCUT2D eigenvalue weighted by molar-refractivity contribution is 5.71. The Hall–Kier alpha value is -2.54. The van der Waals surface area contributed by atoms with Crippen molar-refractivity contribution in [3.8, 4) is 0 Å². The number of carbonyl (C=O) groups excluding carboxylic acids is 4. The van der Waals surface area contributed by atoms with Gasteiger partial charge in [0.1, 0.15) is 30.7 Å². The number of nitrogens with zero attached hydrogens (tertiary/aromatic N) is 1. The van der Waals surface area contributed by atoms with Crippen molar-refractivity contribution < 1.29 is 72.4 Å². The Morgan fingerprint density at radius 1 is 0.982 bits per heavy atom. The van der Waals surface area contributed by atoms with Gasteiger partial charge in [-0.2, -0.15) is 0 Å². The molecule has 0 aromatic heterocycles. The predicted octanol–water partition coefficient (Wildman–Crippen LogP) is 2.21. The molecule has 0 bridgehead atoms. The van der Waals surface area contributed by atoms with Gasteiger partial charge in [-0.3, -0.25) is 14.4 Å². The van der Waals surface area contributed by atoms with Gasteiger partial charge in [-0.1, -0.05) is 32.9 Å². The molecule has 0 spiro atoms. The van der Waals surface area contributed by atoms with Crippen LogP contribution in [0.2, 0.25) is 0 Å². The molecule has 3 rings (SSSR count). The first-order valence-corrected chi connectivity index (χ1v) is 19.5. The number of esters is 3. The second-order valence-electron chi connectivity index (χ2n) is 15.5. The number of aliphatic hydroxyl groups is 3. The van der Waals surface area contributed by atoms with Crippen molar-refractivity contribution in [2.75, 3.05) is 21.2 Å². The first-order valence-electron chi connectivity index (χ1n) is 19.5. The third kappa shape index (κ3) is 12.5. The Kier molecular flexibility index (Phi) is 18.1. The third-order valence-electron chi connectivity index (χ3n) is 10.7. The number of hydrogen-bond donors (Lipinski definition) is 3. The summed E-state index contributed by atoms with van der Waals surface area (Å²) in [6.07, 6.45) is -7.59. The van der Waals surface area contributed by atoms with E-state index in [0.29, 0.717) is 12.7 Å². The molecule has 0 aliphatic carbocycles. The molecule has 3 heterocycles. The molecule has 3 aliphatic rings. The summed E-state index contributed by atoms with van der Waals surface area (Å²) in [6, 6.07) is -0.774. The number of cyclic esters (lactones) is 1. The zero-order chi connectivity index (χ0) is 41.2. The molecule has 16 atom stereocenters. The standard InChI is InChI=1S/C39H65NO15/c1-11-28(44)52-37-24(6)50-31(20-39(37,7)55-29(45)12-2)53-34-23(5)51-38(33(47)32(34)40(8)9)54-35-25(16-17-41)18-21(3)26(42)15-13-14-22(4)49-30(46)19-27(43)36(35)48-10/h13,15,17,21-27,31-38,42-43,47H,11-12,14,16,18-20H2,1-10H3/b15-13+/t21-,22-,23-,24+,25+,26+,27-,31+,32-,33-,34-,35?,36+,37+,38+,39-/m1/s1. The van der Waals surface area contributed by atoms with E-state index in [0.717, 1.165) is 0 Å². The molecular weight excluding hydrogens is 722 g/mol. The van der Waals surface area contributed by atoms with Crippen LogP contribution in [0.5, 0.6) is 0 Å². The molecule has 316 valence electrons. The minimum Gasteiger partial charge on any atom is -0.462 e. The minimum absolute atomic E-state index is 0.00737. The van der Waals surface area contributed by atoms with Crippen LogP contribution in [0.15, 0.2) is 12.2 Å². The van der Waals surface area contributed by atoms with Gasteiger partial charge in [-0.15, -0.1) is 0 Å². The summed E-state index contributed by atoms with van der Waals surface area (Å²) >= 11 is 0. The zero-order valence-electron chi connectivity index (χ0n) is 34.0. The number of rotatable bonds is 12. The molecule has 55 heavy (non-hydrogen) atoms. The van der Waals surface area contributed by atoms with Crippen LogP contribution in [0, 0.1) is 11.8 Å². The molecule has 2 saturated heterocycles. The Labute approximate surface area is 325 Å². The molecule has 16 nitrogen and oxygen atoms in total. The number of methoxy groups -OCH3 is 1. The highest BCUT2D eigenvalue weighted by Crippen LogP contribution is 2.39. The first-order chi connectivity index (χ1) is 25.9. The summed E-state index contributed by atoms with van der Waals surface area (Å²) in [5, 5.41) is 34.3. The van der Waals surface area contributed by atoms with Crippen molar-refractivity contribution in [3.05, 3.63) is 12.2 Å². The molecular formula is C39H65NO15. The van der Waals surface area contributed by atoms with Gasteiger partial charge in [0.25, 0.3) is 0 Å². The fourth-order valence-corrected chi connectivity index (χ4v) is 7.77. The monoisotopic (exact) mass is 787 g/mol. The van der Waals surface area contributed by atoms with Gasteiger partial charge in [0.15, 0.2) is 24.3 Å². The Balaban J connectivity index is 1.94. The lowest BCUT2D eigenvalue weighted by molar-refractivity contribution is -0.344. The summed E-state index contributed by atoms with van der Waals surface area (Å²) in [5.41, 5.74) is -1.29. The van der Waals surface area contributed by atoms with Gasteiger partial charge in [0.05, 0.1) is 43.0 Å². The van der Waals surface area contributed by atoms with Crippen LogP contribution in [0.4, 0.5) is 0 Å². The van der Waals surface area contributed by atoms with E-state index in [9.17, 15) is 34.5 Å². The highest BCUT2D eigenvalue weighted by atomic mass is 16.7. The minimum atomic E-state index is -1.43. The van der Waals surface area contributed by atoms with Crippen molar-refractivity contribution in [2.24, 2.45) is 11.8 Å². The fourth-order valence-electron chi connectivity index (χ4n) is 7.77. The third-order valence-corrected chi connectivity index (χ3v) is 10.7. The maximum Gasteiger partial charge on any atom is 0.308 e. The van der Waals surface area contributed by atoms with Gasteiger partial charge in [-0.05, 0) is 60.0 Å². The normalized spacial score (nSPS) is 41.4. The molecule has 0 radical (unpaired) electrons. The molecule has 0 saturated carbocycles. The largest absolute Gasteiger partial charge is 0.462 e. The van der Waals surface area contributed by atoms with Crippen LogP contribution in [0.25, 0.3) is 0 Å². The number of ether oxygens (including phenoxy) is 8. The average molecular weight is 788 g/mol.